The van der Waals surface area contributed by atoms with E-state index in [1.807, 2.05) is 16.0 Å². The number of nitrogens with zero attached hydrogens (tertiary/aromatic N) is 2. The number of carbonyl (C=O) groups excluding carboxylic acids is 1. The van der Waals surface area contributed by atoms with Crippen LogP contribution in [0.5, 0.6) is 0 Å². The first-order valence-corrected chi connectivity index (χ1v) is 12.4. The molecule has 0 saturated carbocycles. The van der Waals surface area contributed by atoms with Gasteiger partial charge in [-0.25, -0.2) is 0 Å². The topological polar surface area (TPSA) is 60.5 Å². The standard InChI is InChI=1S/C29H40N2O5/c1-8-10-24(9-2)19-36-27-26(25-22(4)17-21(3)18-23(25)5)28(32)31(20-35-16-15-33-6)29(27)11-13-30(34-7)14-12-29/h8-10,17-18H,1-2,11-16,19-20H2,3-7H3/b24-10+. The molecule has 3 rings (SSSR count). The third kappa shape index (κ3) is 5.65. The van der Waals surface area contributed by atoms with Gasteiger partial charge in [-0.15, -0.1) is 0 Å². The molecule has 2 aliphatic rings. The summed E-state index contributed by atoms with van der Waals surface area (Å²) in [7, 11) is 3.31. The summed E-state index contributed by atoms with van der Waals surface area (Å²) in [5, 5.41) is 1.92. The molecule has 1 saturated heterocycles. The number of piperidine rings is 1. The van der Waals surface area contributed by atoms with Gasteiger partial charge in [-0.05, 0) is 55.9 Å². The number of aryl methyl sites for hydroxylation is 3. The quantitative estimate of drug-likeness (QED) is 0.314. The van der Waals surface area contributed by atoms with Crippen molar-refractivity contribution in [1.29, 1.82) is 0 Å². The number of allylic oxidation sites excluding steroid dienone is 2. The second-order valence-electron chi connectivity index (χ2n) is 9.35. The third-order valence-corrected chi connectivity index (χ3v) is 6.99. The molecular weight excluding hydrogens is 456 g/mol. The Morgan fingerprint density at radius 1 is 1.08 bits per heavy atom. The zero-order chi connectivity index (χ0) is 26.3. The van der Waals surface area contributed by atoms with Crippen LogP contribution < -0.4 is 0 Å². The van der Waals surface area contributed by atoms with E-state index < -0.39 is 5.54 Å². The summed E-state index contributed by atoms with van der Waals surface area (Å²) in [4.78, 5) is 21.6. The zero-order valence-corrected chi connectivity index (χ0v) is 22.4. The van der Waals surface area contributed by atoms with Gasteiger partial charge in [0.2, 0.25) is 0 Å². The van der Waals surface area contributed by atoms with Gasteiger partial charge < -0.3 is 23.9 Å². The van der Waals surface area contributed by atoms with Crippen molar-refractivity contribution in [2.75, 3.05) is 53.9 Å². The minimum Gasteiger partial charge on any atom is -0.490 e. The monoisotopic (exact) mass is 496 g/mol. The summed E-state index contributed by atoms with van der Waals surface area (Å²) in [6.45, 7) is 16.5. The van der Waals surface area contributed by atoms with E-state index in [0.717, 1.165) is 27.8 Å². The SMILES string of the molecule is C=C/C=C(\C=C)COC1=C(c2c(C)cc(C)cc2C)C(=O)N(COCCOC)C12CCN(OC)CC2. The number of ether oxygens (including phenoxy) is 3. The lowest BCUT2D eigenvalue weighted by Crippen LogP contribution is -2.56. The molecule has 7 heteroatoms. The van der Waals surface area contributed by atoms with Crippen LogP contribution in [-0.4, -0.2) is 75.3 Å². The second kappa shape index (κ2) is 12.5. The van der Waals surface area contributed by atoms with Crippen molar-refractivity contribution in [1.82, 2.24) is 9.96 Å². The van der Waals surface area contributed by atoms with Gasteiger partial charge in [0.05, 0.1) is 25.9 Å². The molecule has 1 fully saturated rings. The van der Waals surface area contributed by atoms with E-state index in [1.165, 1.54) is 0 Å². The predicted octanol–water partition coefficient (Wildman–Crippen LogP) is 4.50. The summed E-state index contributed by atoms with van der Waals surface area (Å²) >= 11 is 0. The van der Waals surface area contributed by atoms with Crippen LogP contribution in [0.3, 0.4) is 0 Å². The van der Waals surface area contributed by atoms with Crippen molar-refractivity contribution in [3.63, 3.8) is 0 Å². The minimum atomic E-state index is -0.640. The molecule has 36 heavy (non-hydrogen) atoms. The highest BCUT2D eigenvalue weighted by Gasteiger charge is 2.55. The van der Waals surface area contributed by atoms with Crippen molar-refractivity contribution < 1.29 is 23.8 Å². The van der Waals surface area contributed by atoms with Crippen molar-refractivity contribution >= 4 is 11.5 Å². The Bertz CT molecular complexity index is 1010. The highest BCUT2D eigenvalue weighted by Crippen LogP contribution is 2.48. The minimum absolute atomic E-state index is 0.0730. The Morgan fingerprint density at radius 2 is 1.75 bits per heavy atom. The van der Waals surface area contributed by atoms with Crippen molar-refractivity contribution in [2.24, 2.45) is 0 Å². The number of benzene rings is 1. The Balaban J connectivity index is 2.15. The number of rotatable bonds is 12. The number of methoxy groups -OCH3 is 1. The van der Waals surface area contributed by atoms with Crippen LogP contribution in [0.25, 0.3) is 5.57 Å². The third-order valence-electron chi connectivity index (χ3n) is 6.99. The van der Waals surface area contributed by atoms with Crippen LogP contribution >= 0.6 is 0 Å². The molecular formula is C29H40N2O5. The van der Waals surface area contributed by atoms with Crippen molar-refractivity contribution in [2.45, 2.75) is 39.2 Å². The summed E-state index contributed by atoms with van der Waals surface area (Å²) < 4.78 is 17.7. The van der Waals surface area contributed by atoms with E-state index in [-0.39, 0.29) is 12.6 Å². The fourth-order valence-electron chi connectivity index (χ4n) is 5.28. The summed E-state index contributed by atoms with van der Waals surface area (Å²) in [6, 6.07) is 4.23. The Hall–Kier alpha value is -2.71. The van der Waals surface area contributed by atoms with Gasteiger partial charge in [-0.2, -0.15) is 5.06 Å². The average molecular weight is 497 g/mol. The first kappa shape index (κ1) is 27.9. The fourth-order valence-corrected chi connectivity index (χ4v) is 5.28. The van der Waals surface area contributed by atoms with E-state index in [4.69, 9.17) is 19.0 Å². The second-order valence-corrected chi connectivity index (χ2v) is 9.35. The maximum atomic E-state index is 14.2. The number of hydroxylamine groups is 2. The molecule has 2 heterocycles. The molecule has 0 aromatic heterocycles. The van der Waals surface area contributed by atoms with Gasteiger partial charge in [0, 0.05) is 20.2 Å². The van der Waals surface area contributed by atoms with Crippen molar-refractivity contribution in [3.05, 3.63) is 77.1 Å². The molecule has 0 bridgehead atoms. The number of hydrogen-bond acceptors (Lipinski definition) is 6. The van der Waals surface area contributed by atoms with Gasteiger partial charge >= 0.3 is 0 Å². The lowest BCUT2D eigenvalue weighted by atomic mass is 9.84. The smallest absolute Gasteiger partial charge is 0.260 e. The molecule has 0 radical (unpaired) electrons. The van der Waals surface area contributed by atoms with Crippen LogP contribution in [0.1, 0.15) is 35.1 Å². The van der Waals surface area contributed by atoms with E-state index in [9.17, 15) is 4.79 Å². The van der Waals surface area contributed by atoms with E-state index in [1.54, 1.807) is 26.4 Å². The summed E-state index contributed by atoms with van der Waals surface area (Å²) in [6.07, 6.45) is 6.67. The lowest BCUT2D eigenvalue weighted by Gasteiger charge is -2.44. The maximum absolute atomic E-state index is 14.2. The van der Waals surface area contributed by atoms with E-state index >= 15 is 0 Å². The lowest BCUT2D eigenvalue weighted by molar-refractivity contribution is -0.171. The molecule has 1 spiro atoms. The Labute approximate surface area is 215 Å². The predicted molar refractivity (Wildman–Crippen MR) is 142 cm³/mol. The largest absolute Gasteiger partial charge is 0.490 e. The molecule has 0 atom stereocenters. The van der Waals surface area contributed by atoms with Crippen LogP contribution in [0.2, 0.25) is 0 Å². The van der Waals surface area contributed by atoms with E-state index in [0.29, 0.717) is 57.1 Å². The first-order valence-electron chi connectivity index (χ1n) is 12.4. The van der Waals surface area contributed by atoms with Gasteiger partial charge in [-0.1, -0.05) is 49.1 Å². The molecule has 0 aliphatic carbocycles. The summed E-state index contributed by atoms with van der Waals surface area (Å²) in [5.74, 6) is 0.627. The molecule has 1 aromatic rings. The molecule has 1 aromatic carbocycles. The first-order chi connectivity index (χ1) is 17.3. The van der Waals surface area contributed by atoms with Crippen LogP contribution in [0, 0.1) is 20.8 Å². The molecule has 1 amide bonds. The number of amides is 1. The van der Waals surface area contributed by atoms with Gasteiger partial charge in [0.25, 0.3) is 5.91 Å². The van der Waals surface area contributed by atoms with Crippen LogP contribution in [0.15, 0.2) is 54.9 Å². The van der Waals surface area contributed by atoms with Gasteiger partial charge in [-0.3, -0.25) is 4.79 Å². The van der Waals surface area contributed by atoms with Crippen LogP contribution in [0.4, 0.5) is 0 Å². The van der Waals surface area contributed by atoms with Crippen molar-refractivity contribution in [3.8, 4) is 0 Å². The molecule has 7 nitrogen and oxygen atoms in total. The highest BCUT2D eigenvalue weighted by atomic mass is 16.7. The molecule has 0 unspecified atom stereocenters. The van der Waals surface area contributed by atoms with Gasteiger partial charge in [0.15, 0.2) is 0 Å². The fraction of sp³-hybridized carbons (Fsp3) is 0.483. The maximum Gasteiger partial charge on any atom is 0.260 e. The van der Waals surface area contributed by atoms with Crippen LogP contribution in [-0.2, 0) is 23.8 Å². The summed E-state index contributed by atoms with van der Waals surface area (Å²) in [5.41, 5.74) is 5.06. The highest BCUT2D eigenvalue weighted by molar-refractivity contribution is 6.24. The molecule has 2 aliphatic heterocycles. The molecule has 196 valence electrons. The Morgan fingerprint density at radius 3 is 2.31 bits per heavy atom. The average Bonchev–Trinajstić information content (AvgIpc) is 3.06. The van der Waals surface area contributed by atoms with Gasteiger partial charge in [0.1, 0.15) is 24.6 Å². The normalized spacial score (nSPS) is 18.3. The van der Waals surface area contributed by atoms with E-state index in [2.05, 4.69) is 46.1 Å². The zero-order valence-electron chi connectivity index (χ0n) is 22.4. The number of carbonyl (C=O) groups is 1. The molecule has 0 N–H and O–H groups in total. The number of hydrogen-bond donors (Lipinski definition) is 0. The Kier molecular flexibility index (Phi) is 9.68.